The van der Waals surface area contributed by atoms with E-state index in [9.17, 15) is 14.0 Å². The molecule has 2 rings (SSSR count). The van der Waals surface area contributed by atoms with Gasteiger partial charge >= 0.3 is 0 Å². The van der Waals surface area contributed by atoms with Gasteiger partial charge in [0, 0.05) is 5.56 Å². The highest BCUT2D eigenvalue weighted by Gasteiger charge is 2.49. The molecule has 18 heavy (non-hydrogen) atoms. The van der Waals surface area contributed by atoms with Crippen molar-refractivity contribution < 1.29 is 13.5 Å². The van der Waals surface area contributed by atoms with Crippen LogP contribution in [0.3, 0.4) is 0 Å². The quantitative estimate of drug-likeness (QED) is 0.826. The van der Waals surface area contributed by atoms with Crippen LogP contribution in [0.25, 0.3) is 0 Å². The zero-order valence-corrected chi connectivity index (χ0v) is 10.3. The van der Waals surface area contributed by atoms with E-state index < -0.39 is 23.1 Å². The predicted octanol–water partition coefficient (Wildman–Crippen LogP) is 2.11. The lowest BCUT2D eigenvalue weighted by Gasteiger charge is -2.44. The zero-order valence-electron chi connectivity index (χ0n) is 10.3. The molecule has 0 radical (unpaired) electrons. The first-order valence-electron chi connectivity index (χ1n) is 5.60. The van der Waals surface area contributed by atoms with E-state index in [4.69, 9.17) is 4.74 Å². The molecule has 0 saturated carbocycles. The highest BCUT2D eigenvalue weighted by molar-refractivity contribution is 5.28. The maximum atomic E-state index is 13.9. The summed E-state index contributed by atoms with van der Waals surface area (Å²) in [5.41, 5.74) is -0.608. The van der Waals surface area contributed by atoms with Gasteiger partial charge in [-0.2, -0.15) is 5.26 Å². The number of benzene rings is 1. The van der Waals surface area contributed by atoms with Crippen molar-refractivity contribution in [2.75, 3.05) is 27.3 Å². The molecule has 1 unspecified atom stereocenters. The van der Waals surface area contributed by atoms with E-state index in [-0.39, 0.29) is 18.8 Å². The van der Waals surface area contributed by atoms with E-state index >= 15 is 0 Å². The molecule has 96 valence electrons. The number of rotatable bonds is 3. The summed E-state index contributed by atoms with van der Waals surface area (Å²) in [4.78, 5) is 1.73. The monoisotopic (exact) mass is 252 g/mol. The van der Waals surface area contributed by atoms with Crippen molar-refractivity contribution in [3.05, 3.63) is 35.4 Å². The molecular formula is C13H14F2N2O. The molecule has 0 bridgehead atoms. The number of hydrogen-bond acceptors (Lipinski definition) is 3. The Balaban J connectivity index is 2.49. The van der Waals surface area contributed by atoms with Gasteiger partial charge in [-0.1, -0.05) is 0 Å². The topological polar surface area (TPSA) is 36.3 Å². The van der Waals surface area contributed by atoms with Gasteiger partial charge in [-0.3, -0.25) is 0 Å². The lowest BCUT2D eigenvalue weighted by molar-refractivity contribution is -0.116. The molecule has 0 aliphatic carbocycles. The second kappa shape index (κ2) is 4.63. The van der Waals surface area contributed by atoms with Gasteiger partial charge in [0.1, 0.15) is 17.0 Å². The van der Waals surface area contributed by atoms with Crippen molar-refractivity contribution in [2.45, 2.75) is 6.04 Å². The molecule has 1 saturated heterocycles. The number of nitrogens with zero attached hydrogens (tertiary/aromatic N) is 2. The molecule has 1 fully saturated rings. The SMILES string of the molecule is CN(C)C(c1cc(F)ccc1F)C1(C#N)COC1. The third-order valence-corrected chi connectivity index (χ3v) is 3.23. The average molecular weight is 252 g/mol. The van der Waals surface area contributed by atoms with Crippen molar-refractivity contribution in [3.63, 3.8) is 0 Å². The molecule has 0 N–H and O–H groups in total. The number of hydrogen-bond donors (Lipinski definition) is 0. The second-order valence-electron chi connectivity index (χ2n) is 4.79. The lowest BCUT2D eigenvalue weighted by atomic mass is 9.75. The van der Waals surface area contributed by atoms with E-state index in [1.54, 1.807) is 19.0 Å². The van der Waals surface area contributed by atoms with Gasteiger partial charge in [-0.05, 0) is 32.3 Å². The maximum absolute atomic E-state index is 13.9. The molecule has 1 aliphatic rings. The molecular weight excluding hydrogens is 238 g/mol. The molecule has 0 amide bonds. The van der Waals surface area contributed by atoms with E-state index in [1.807, 2.05) is 0 Å². The summed E-state index contributed by atoms with van der Waals surface area (Å²) in [6.07, 6.45) is 0. The zero-order chi connectivity index (χ0) is 13.3. The van der Waals surface area contributed by atoms with Gasteiger partial charge in [0.05, 0.1) is 25.3 Å². The third kappa shape index (κ3) is 1.98. The minimum Gasteiger partial charge on any atom is -0.378 e. The fraction of sp³-hybridized carbons (Fsp3) is 0.462. The molecule has 5 heteroatoms. The minimum absolute atomic E-state index is 0.199. The van der Waals surface area contributed by atoms with Gasteiger partial charge in [-0.15, -0.1) is 0 Å². The molecule has 1 aromatic carbocycles. The summed E-state index contributed by atoms with van der Waals surface area (Å²) in [6.45, 7) is 0.477. The van der Waals surface area contributed by atoms with Crippen LogP contribution < -0.4 is 0 Å². The maximum Gasteiger partial charge on any atom is 0.128 e. The Labute approximate surface area is 105 Å². The Hall–Kier alpha value is -1.51. The van der Waals surface area contributed by atoms with Crippen LogP contribution in [0.5, 0.6) is 0 Å². The molecule has 3 nitrogen and oxygen atoms in total. The molecule has 0 spiro atoms. The van der Waals surface area contributed by atoms with E-state index in [2.05, 4.69) is 6.07 Å². The Bertz CT molecular complexity index is 492. The minimum atomic E-state index is -0.807. The van der Waals surface area contributed by atoms with Crippen LogP contribution in [0.1, 0.15) is 11.6 Å². The second-order valence-corrected chi connectivity index (χ2v) is 4.79. The van der Waals surface area contributed by atoms with E-state index in [0.29, 0.717) is 0 Å². The normalized spacial score (nSPS) is 19.1. The summed E-state index contributed by atoms with van der Waals surface area (Å²) in [5, 5.41) is 9.30. The van der Waals surface area contributed by atoms with Crippen molar-refractivity contribution in [1.82, 2.24) is 4.90 Å². The van der Waals surface area contributed by atoms with Gasteiger partial charge in [0.2, 0.25) is 0 Å². The molecule has 1 heterocycles. The van der Waals surface area contributed by atoms with Crippen LogP contribution in [-0.4, -0.2) is 32.2 Å². The van der Waals surface area contributed by atoms with Gasteiger partial charge in [-0.25, -0.2) is 8.78 Å². The summed E-state index contributed by atoms with van der Waals surface area (Å²) in [7, 11) is 3.48. The van der Waals surface area contributed by atoms with Crippen LogP contribution in [-0.2, 0) is 4.74 Å². The summed E-state index contributed by atoms with van der Waals surface area (Å²) in [5.74, 6) is -1.01. The highest BCUT2D eigenvalue weighted by Crippen LogP contribution is 2.43. The van der Waals surface area contributed by atoms with Gasteiger partial charge in [0.25, 0.3) is 0 Å². The Morgan fingerprint density at radius 2 is 2.06 bits per heavy atom. The standard InChI is InChI=1S/C13H14F2N2O/c1-17(2)12(13(6-16)7-18-8-13)10-5-9(14)3-4-11(10)15/h3-5,12H,7-8H2,1-2H3. The average Bonchev–Trinajstić information content (AvgIpc) is 2.26. The van der Waals surface area contributed by atoms with Gasteiger partial charge < -0.3 is 9.64 Å². The van der Waals surface area contributed by atoms with Crippen molar-refractivity contribution in [2.24, 2.45) is 5.41 Å². The Morgan fingerprint density at radius 1 is 1.39 bits per heavy atom. The van der Waals surface area contributed by atoms with Crippen LogP contribution in [0.4, 0.5) is 8.78 Å². The smallest absolute Gasteiger partial charge is 0.128 e. The van der Waals surface area contributed by atoms with E-state index in [1.165, 1.54) is 0 Å². The lowest BCUT2D eigenvalue weighted by Crippen LogP contribution is -2.50. The Morgan fingerprint density at radius 3 is 2.50 bits per heavy atom. The third-order valence-electron chi connectivity index (χ3n) is 3.23. The first-order valence-corrected chi connectivity index (χ1v) is 5.60. The molecule has 1 aromatic rings. The van der Waals surface area contributed by atoms with Crippen molar-refractivity contribution >= 4 is 0 Å². The summed E-state index contributed by atoms with van der Waals surface area (Å²) in [6, 6.07) is 4.97. The van der Waals surface area contributed by atoms with E-state index in [0.717, 1.165) is 18.2 Å². The van der Waals surface area contributed by atoms with Crippen molar-refractivity contribution in [3.8, 4) is 6.07 Å². The first kappa shape index (κ1) is 12.9. The van der Waals surface area contributed by atoms with Crippen LogP contribution in [0.15, 0.2) is 18.2 Å². The molecule has 1 atom stereocenters. The highest BCUT2D eigenvalue weighted by atomic mass is 19.1. The largest absolute Gasteiger partial charge is 0.378 e. The van der Waals surface area contributed by atoms with Crippen molar-refractivity contribution in [1.29, 1.82) is 5.26 Å². The predicted molar refractivity (Wildman–Crippen MR) is 61.7 cm³/mol. The van der Waals surface area contributed by atoms with Gasteiger partial charge in [0.15, 0.2) is 0 Å². The summed E-state index contributed by atoms with van der Waals surface area (Å²) >= 11 is 0. The number of nitriles is 1. The summed E-state index contributed by atoms with van der Waals surface area (Å²) < 4.78 is 32.2. The fourth-order valence-electron chi connectivity index (χ4n) is 2.40. The molecule has 1 aliphatic heterocycles. The molecule has 0 aromatic heterocycles. The number of ether oxygens (including phenoxy) is 1. The Kier molecular flexibility index (Phi) is 3.33. The fourth-order valence-corrected chi connectivity index (χ4v) is 2.40. The number of halogens is 2. The van der Waals surface area contributed by atoms with Crippen LogP contribution in [0, 0.1) is 28.4 Å². The first-order chi connectivity index (χ1) is 8.50. The van der Waals surface area contributed by atoms with Crippen LogP contribution in [0.2, 0.25) is 0 Å². The van der Waals surface area contributed by atoms with Crippen LogP contribution >= 0.6 is 0 Å².